The van der Waals surface area contributed by atoms with Gasteiger partial charge in [-0.3, -0.25) is 0 Å². The molecule has 3 N–H and O–H groups in total. The number of nitrogens with two attached hydrogens (primary N) is 1. The number of hydrogen-bond acceptors (Lipinski definition) is 5. The van der Waals surface area contributed by atoms with Crippen LogP contribution < -0.4 is 16.0 Å². The second-order valence-corrected chi connectivity index (χ2v) is 8.09. The van der Waals surface area contributed by atoms with Crippen molar-refractivity contribution < 1.29 is 4.39 Å². The fourth-order valence-electron chi connectivity index (χ4n) is 4.09. The molecule has 2 aromatic heterocycles. The van der Waals surface area contributed by atoms with Gasteiger partial charge in [0.1, 0.15) is 11.6 Å². The van der Waals surface area contributed by atoms with Crippen molar-refractivity contribution in [1.29, 1.82) is 0 Å². The molecule has 0 unspecified atom stereocenters. The summed E-state index contributed by atoms with van der Waals surface area (Å²) in [4.78, 5) is 6.81. The highest BCUT2D eigenvalue weighted by molar-refractivity contribution is 5.66. The van der Waals surface area contributed by atoms with Gasteiger partial charge in [-0.1, -0.05) is 24.3 Å². The number of benzene rings is 2. The van der Waals surface area contributed by atoms with Crippen LogP contribution >= 0.6 is 0 Å². The van der Waals surface area contributed by atoms with E-state index in [1.54, 1.807) is 6.07 Å². The van der Waals surface area contributed by atoms with Crippen molar-refractivity contribution in [3.8, 4) is 11.3 Å². The first-order chi connectivity index (χ1) is 15.1. The summed E-state index contributed by atoms with van der Waals surface area (Å²) < 4.78 is 15.4. The average Bonchev–Trinajstić information content (AvgIpc) is 3.40. The Morgan fingerprint density at radius 2 is 1.97 bits per heavy atom. The van der Waals surface area contributed by atoms with Crippen molar-refractivity contribution >= 4 is 17.2 Å². The number of aromatic nitrogens is 3. The molecule has 2 atom stereocenters. The van der Waals surface area contributed by atoms with Crippen LogP contribution in [-0.2, 0) is 0 Å². The zero-order chi connectivity index (χ0) is 21.4. The summed E-state index contributed by atoms with van der Waals surface area (Å²) in [5.74, 6) is 0.456. The number of nitrogens with one attached hydrogen (secondary N) is 1. The number of nitrogens with zero attached hydrogens (tertiary/aromatic N) is 4. The average molecular weight is 417 g/mol. The van der Waals surface area contributed by atoms with E-state index >= 15 is 0 Å². The Morgan fingerprint density at radius 3 is 2.71 bits per heavy atom. The van der Waals surface area contributed by atoms with Gasteiger partial charge >= 0.3 is 0 Å². The van der Waals surface area contributed by atoms with E-state index in [0.29, 0.717) is 5.82 Å². The van der Waals surface area contributed by atoms with Gasteiger partial charge in [0.25, 0.3) is 0 Å². The van der Waals surface area contributed by atoms with Gasteiger partial charge in [0, 0.05) is 30.4 Å². The van der Waals surface area contributed by atoms with Crippen LogP contribution in [0.4, 0.5) is 15.9 Å². The summed E-state index contributed by atoms with van der Waals surface area (Å²) >= 11 is 0. The monoisotopic (exact) mass is 416 g/mol. The fourth-order valence-corrected chi connectivity index (χ4v) is 4.09. The molecule has 0 spiro atoms. The molecule has 0 saturated carbocycles. The molecule has 0 aliphatic carbocycles. The van der Waals surface area contributed by atoms with Crippen molar-refractivity contribution in [1.82, 2.24) is 14.6 Å². The lowest BCUT2D eigenvalue weighted by Gasteiger charge is -2.18. The van der Waals surface area contributed by atoms with Gasteiger partial charge in [-0.2, -0.15) is 0 Å². The molecule has 4 aromatic rings. The maximum atomic E-state index is 13.6. The smallest absolute Gasteiger partial charge is 0.154 e. The summed E-state index contributed by atoms with van der Waals surface area (Å²) in [7, 11) is 0. The summed E-state index contributed by atoms with van der Waals surface area (Å²) in [6, 6.07) is 19.0. The van der Waals surface area contributed by atoms with Gasteiger partial charge < -0.3 is 16.0 Å². The van der Waals surface area contributed by atoms with E-state index in [1.165, 1.54) is 17.8 Å². The zero-order valence-corrected chi connectivity index (χ0v) is 17.4. The minimum absolute atomic E-state index is 0.0845. The summed E-state index contributed by atoms with van der Waals surface area (Å²) in [6.07, 6.45) is 2.87. The lowest BCUT2D eigenvalue weighted by Crippen LogP contribution is -2.26. The second-order valence-electron chi connectivity index (χ2n) is 8.09. The first kappa shape index (κ1) is 19.5. The van der Waals surface area contributed by atoms with Gasteiger partial charge in [0.05, 0.1) is 17.9 Å². The number of hydrogen-bond donors (Lipinski definition) is 2. The molecule has 1 aliphatic rings. The molecule has 7 heteroatoms. The maximum absolute atomic E-state index is 13.6. The lowest BCUT2D eigenvalue weighted by atomic mass is 10.1. The van der Waals surface area contributed by atoms with Crippen LogP contribution in [0.15, 0.2) is 66.9 Å². The molecular formula is C24H25FN6. The standard InChI is InChI=1S/C24H25FN6/c1-16(18-3-2-4-19(25)13-18)28-23-9-10-24-27-14-22(31(24)29-23)17-5-7-21(8-6-17)30-12-11-20(26)15-30/h2-10,13-14,16,20H,11-12,15,26H2,1H3,(H,28,29)/t16-,20+/m1/s1. The van der Waals surface area contributed by atoms with Crippen molar-refractivity contribution in [3.63, 3.8) is 0 Å². The van der Waals surface area contributed by atoms with Gasteiger partial charge in [0.15, 0.2) is 5.65 Å². The van der Waals surface area contributed by atoms with E-state index in [-0.39, 0.29) is 17.9 Å². The summed E-state index contributed by atoms with van der Waals surface area (Å²) in [5, 5.41) is 8.08. The molecule has 3 heterocycles. The third-order valence-electron chi connectivity index (χ3n) is 5.83. The predicted octanol–water partition coefficient (Wildman–Crippen LogP) is 4.25. The Kier molecular flexibility index (Phi) is 5.03. The first-order valence-electron chi connectivity index (χ1n) is 10.5. The van der Waals surface area contributed by atoms with E-state index < -0.39 is 0 Å². The quantitative estimate of drug-likeness (QED) is 0.509. The Balaban J connectivity index is 1.40. The van der Waals surface area contributed by atoms with E-state index in [0.717, 1.165) is 42.0 Å². The molecule has 6 nitrogen and oxygen atoms in total. The zero-order valence-electron chi connectivity index (χ0n) is 17.4. The summed E-state index contributed by atoms with van der Waals surface area (Å²) in [5.41, 5.74) is 10.8. The van der Waals surface area contributed by atoms with E-state index in [4.69, 9.17) is 10.8 Å². The molecular weight excluding hydrogens is 391 g/mol. The van der Waals surface area contributed by atoms with E-state index in [2.05, 4.69) is 39.5 Å². The minimum atomic E-state index is -0.245. The molecule has 1 saturated heterocycles. The van der Waals surface area contributed by atoms with Crippen molar-refractivity contribution in [2.24, 2.45) is 5.73 Å². The highest BCUT2D eigenvalue weighted by Crippen LogP contribution is 2.26. The van der Waals surface area contributed by atoms with Gasteiger partial charge in [-0.15, -0.1) is 5.10 Å². The Hall–Kier alpha value is -3.45. The van der Waals surface area contributed by atoms with Crippen LogP contribution in [0.2, 0.25) is 0 Å². The second kappa shape index (κ2) is 8.00. The van der Waals surface area contributed by atoms with Crippen LogP contribution in [-0.4, -0.2) is 33.7 Å². The lowest BCUT2D eigenvalue weighted by molar-refractivity contribution is 0.623. The molecule has 5 rings (SSSR count). The molecule has 0 amide bonds. The van der Waals surface area contributed by atoms with Crippen LogP contribution in [0.5, 0.6) is 0 Å². The van der Waals surface area contributed by atoms with E-state index in [9.17, 15) is 4.39 Å². The SMILES string of the molecule is C[C@@H](Nc1ccc2ncc(-c3ccc(N4CC[C@H](N)C4)cc3)n2n1)c1cccc(F)c1. The van der Waals surface area contributed by atoms with Gasteiger partial charge in [0.2, 0.25) is 0 Å². The molecule has 1 fully saturated rings. The summed E-state index contributed by atoms with van der Waals surface area (Å²) in [6.45, 7) is 3.88. The molecule has 0 radical (unpaired) electrons. The van der Waals surface area contributed by atoms with Crippen LogP contribution in [0, 0.1) is 5.82 Å². The number of anilines is 2. The number of imidazole rings is 1. The Bertz CT molecular complexity index is 1200. The first-order valence-corrected chi connectivity index (χ1v) is 10.5. The van der Waals surface area contributed by atoms with Crippen LogP contribution in [0.25, 0.3) is 16.9 Å². The largest absolute Gasteiger partial charge is 0.370 e. The third-order valence-corrected chi connectivity index (χ3v) is 5.83. The van der Waals surface area contributed by atoms with Crippen molar-refractivity contribution in [2.45, 2.75) is 25.4 Å². The number of fused-ring (bicyclic) bond motifs is 1. The third kappa shape index (κ3) is 3.96. The highest BCUT2D eigenvalue weighted by atomic mass is 19.1. The highest BCUT2D eigenvalue weighted by Gasteiger charge is 2.19. The fraction of sp³-hybridized carbons (Fsp3) is 0.250. The minimum Gasteiger partial charge on any atom is -0.370 e. The predicted molar refractivity (Wildman–Crippen MR) is 122 cm³/mol. The normalized spacial score (nSPS) is 17.3. The maximum Gasteiger partial charge on any atom is 0.154 e. The van der Waals surface area contributed by atoms with Gasteiger partial charge in [-0.25, -0.2) is 13.9 Å². The molecule has 2 aromatic carbocycles. The molecule has 0 bridgehead atoms. The molecule has 158 valence electrons. The van der Waals surface area contributed by atoms with Crippen molar-refractivity contribution in [2.75, 3.05) is 23.3 Å². The Labute approximate surface area is 180 Å². The van der Waals surface area contributed by atoms with Crippen molar-refractivity contribution in [3.05, 3.63) is 78.2 Å². The number of halogens is 1. The topological polar surface area (TPSA) is 71.5 Å². The van der Waals surface area contributed by atoms with Crippen LogP contribution in [0.1, 0.15) is 24.9 Å². The molecule has 31 heavy (non-hydrogen) atoms. The van der Waals surface area contributed by atoms with E-state index in [1.807, 2.05) is 35.8 Å². The molecule has 1 aliphatic heterocycles. The van der Waals surface area contributed by atoms with Crippen LogP contribution in [0.3, 0.4) is 0 Å². The van der Waals surface area contributed by atoms with Gasteiger partial charge in [-0.05, 0) is 55.3 Å². The Morgan fingerprint density at radius 1 is 1.13 bits per heavy atom. The number of rotatable bonds is 5.